The van der Waals surface area contributed by atoms with Crippen LogP contribution < -0.4 is 5.73 Å². The normalized spacial score (nSPS) is 12.0. The van der Waals surface area contributed by atoms with Gasteiger partial charge in [-0.1, -0.05) is 24.9 Å². The van der Waals surface area contributed by atoms with Crippen LogP contribution in [-0.2, 0) is 10.0 Å². The summed E-state index contributed by atoms with van der Waals surface area (Å²) in [4.78, 5) is 0.0938. The third-order valence-electron chi connectivity index (χ3n) is 2.72. The van der Waals surface area contributed by atoms with Gasteiger partial charge in [0, 0.05) is 13.1 Å². The number of rotatable bonds is 7. The molecule has 1 rings (SSSR count). The van der Waals surface area contributed by atoms with Crippen molar-refractivity contribution >= 4 is 27.3 Å². The molecule has 0 atom stereocenters. The molecule has 0 aliphatic rings. The first-order chi connectivity index (χ1) is 8.93. The Bertz CT molecular complexity index is 520. The summed E-state index contributed by atoms with van der Waals surface area (Å²) < 4.78 is 26.1. The predicted octanol–water partition coefficient (Wildman–Crippen LogP) is 1.71. The Labute approximate surface area is 119 Å². The fourth-order valence-corrected chi connectivity index (χ4v) is 3.36. The van der Waals surface area contributed by atoms with Crippen LogP contribution in [0.2, 0.25) is 5.02 Å². The van der Waals surface area contributed by atoms with Gasteiger partial charge in [-0.3, -0.25) is 0 Å². The van der Waals surface area contributed by atoms with E-state index < -0.39 is 10.0 Å². The highest BCUT2D eigenvalue weighted by Gasteiger charge is 2.24. The molecule has 1 aromatic rings. The van der Waals surface area contributed by atoms with E-state index in [4.69, 9.17) is 22.4 Å². The Morgan fingerprint density at radius 2 is 2.05 bits per heavy atom. The summed E-state index contributed by atoms with van der Waals surface area (Å²) in [6, 6.07) is 4.22. The van der Waals surface area contributed by atoms with Gasteiger partial charge in [0.1, 0.15) is 0 Å². The zero-order chi connectivity index (χ0) is 14.5. The van der Waals surface area contributed by atoms with Gasteiger partial charge < -0.3 is 10.8 Å². The number of halogens is 1. The highest BCUT2D eigenvalue weighted by molar-refractivity contribution is 7.89. The molecule has 0 unspecified atom stereocenters. The van der Waals surface area contributed by atoms with Crippen LogP contribution in [0.5, 0.6) is 0 Å². The summed E-state index contributed by atoms with van der Waals surface area (Å²) in [5.74, 6) is 0. The first-order valence-corrected chi connectivity index (χ1v) is 7.91. The molecule has 108 valence electrons. The molecule has 7 heteroatoms. The molecule has 19 heavy (non-hydrogen) atoms. The second-order valence-corrected chi connectivity index (χ2v) is 6.51. The number of hydrogen-bond donors (Lipinski definition) is 2. The van der Waals surface area contributed by atoms with E-state index in [9.17, 15) is 8.42 Å². The average molecular weight is 307 g/mol. The van der Waals surface area contributed by atoms with E-state index in [2.05, 4.69) is 0 Å². The summed E-state index contributed by atoms with van der Waals surface area (Å²) in [5.41, 5.74) is 5.90. The van der Waals surface area contributed by atoms with Crippen LogP contribution in [0.3, 0.4) is 0 Å². The van der Waals surface area contributed by atoms with E-state index >= 15 is 0 Å². The Hall–Kier alpha value is -0.820. The quantitative estimate of drug-likeness (QED) is 0.751. The number of anilines is 1. The number of nitrogen functional groups attached to an aromatic ring is 1. The molecule has 0 aromatic heterocycles. The van der Waals surface area contributed by atoms with Crippen LogP contribution in [0.25, 0.3) is 0 Å². The van der Waals surface area contributed by atoms with Crippen LogP contribution in [0.15, 0.2) is 23.1 Å². The van der Waals surface area contributed by atoms with Crippen molar-refractivity contribution < 1.29 is 13.5 Å². The van der Waals surface area contributed by atoms with Crippen LogP contribution in [0, 0.1) is 0 Å². The molecule has 0 aliphatic heterocycles. The number of aliphatic hydroxyl groups is 1. The van der Waals surface area contributed by atoms with Gasteiger partial charge in [0.05, 0.1) is 22.2 Å². The highest BCUT2D eigenvalue weighted by Crippen LogP contribution is 2.24. The van der Waals surface area contributed by atoms with Crippen molar-refractivity contribution in [3.8, 4) is 0 Å². The van der Waals surface area contributed by atoms with Crippen molar-refractivity contribution in [3.05, 3.63) is 23.2 Å². The van der Waals surface area contributed by atoms with E-state index in [0.717, 1.165) is 12.8 Å². The summed E-state index contributed by atoms with van der Waals surface area (Å²) in [5, 5.41) is 9.20. The standard InChI is InChI=1S/C12H19ClN2O3S/c1-2-3-6-15(7-8-16)19(17,18)10-4-5-12(14)11(13)9-10/h4-5,9,16H,2-3,6-8,14H2,1H3. The maximum atomic E-state index is 12.4. The average Bonchev–Trinajstić information content (AvgIpc) is 2.37. The van der Waals surface area contributed by atoms with E-state index in [1.807, 2.05) is 6.92 Å². The van der Waals surface area contributed by atoms with Gasteiger partial charge >= 0.3 is 0 Å². The maximum Gasteiger partial charge on any atom is 0.243 e. The van der Waals surface area contributed by atoms with Gasteiger partial charge in [-0.05, 0) is 24.6 Å². The fraction of sp³-hybridized carbons (Fsp3) is 0.500. The Balaban J connectivity index is 3.07. The van der Waals surface area contributed by atoms with Crippen molar-refractivity contribution in [1.82, 2.24) is 4.31 Å². The second-order valence-electron chi connectivity index (χ2n) is 4.16. The number of benzene rings is 1. The Morgan fingerprint density at radius 1 is 1.37 bits per heavy atom. The highest BCUT2D eigenvalue weighted by atomic mass is 35.5. The van der Waals surface area contributed by atoms with Crippen LogP contribution >= 0.6 is 11.6 Å². The number of sulfonamides is 1. The van der Waals surface area contributed by atoms with Crippen molar-refractivity contribution in [2.24, 2.45) is 0 Å². The zero-order valence-corrected chi connectivity index (χ0v) is 12.4. The number of hydrogen-bond acceptors (Lipinski definition) is 4. The second kappa shape index (κ2) is 7.09. The van der Waals surface area contributed by atoms with Crippen molar-refractivity contribution in [3.63, 3.8) is 0 Å². The molecular weight excluding hydrogens is 288 g/mol. The molecule has 0 heterocycles. The van der Waals surface area contributed by atoms with E-state index in [1.54, 1.807) is 0 Å². The molecule has 0 amide bonds. The minimum atomic E-state index is -3.64. The lowest BCUT2D eigenvalue weighted by Crippen LogP contribution is -2.34. The zero-order valence-electron chi connectivity index (χ0n) is 10.8. The van der Waals surface area contributed by atoms with Crippen LogP contribution in [0.1, 0.15) is 19.8 Å². The van der Waals surface area contributed by atoms with E-state index in [1.165, 1.54) is 22.5 Å². The van der Waals surface area contributed by atoms with Gasteiger partial charge in [-0.25, -0.2) is 8.42 Å². The Kier molecular flexibility index (Phi) is 6.06. The lowest BCUT2D eigenvalue weighted by molar-refractivity contribution is 0.252. The van der Waals surface area contributed by atoms with Crippen molar-refractivity contribution in [1.29, 1.82) is 0 Å². The molecule has 3 N–H and O–H groups in total. The summed E-state index contributed by atoms with van der Waals surface area (Å²) >= 11 is 5.85. The molecule has 5 nitrogen and oxygen atoms in total. The SMILES string of the molecule is CCCCN(CCO)S(=O)(=O)c1ccc(N)c(Cl)c1. The molecule has 0 radical (unpaired) electrons. The number of aliphatic hydroxyl groups excluding tert-OH is 1. The minimum absolute atomic E-state index is 0.0737. The number of unbranched alkanes of at least 4 members (excludes halogenated alkanes) is 1. The topological polar surface area (TPSA) is 83.6 Å². The van der Waals surface area contributed by atoms with Crippen LogP contribution in [0.4, 0.5) is 5.69 Å². The van der Waals surface area contributed by atoms with Crippen LogP contribution in [-0.4, -0.2) is 37.5 Å². The van der Waals surface area contributed by atoms with Crippen molar-refractivity contribution in [2.45, 2.75) is 24.7 Å². The summed E-state index contributed by atoms with van der Waals surface area (Å²) in [6.45, 7) is 2.21. The smallest absolute Gasteiger partial charge is 0.243 e. The number of nitrogens with two attached hydrogens (primary N) is 1. The lowest BCUT2D eigenvalue weighted by atomic mass is 10.3. The summed E-state index contributed by atoms with van der Waals surface area (Å²) in [6.07, 6.45) is 1.61. The van der Waals surface area contributed by atoms with Gasteiger partial charge in [0.15, 0.2) is 0 Å². The molecule has 0 aliphatic carbocycles. The van der Waals surface area contributed by atoms with Gasteiger partial charge in [-0.15, -0.1) is 0 Å². The molecule has 0 bridgehead atoms. The first-order valence-electron chi connectivity index (χ1n) is 6.09. The van der Waals surface area contributed by atoms with Gasteiger partial charge in [0.25, 0.3) is 0 Å². The molecule has 0 spiro atoms. The van der Waals surface area contributed by atoms with Crippen molar-refractivity contribution in [2.75, 3.05) is 25.4 Å². The Morgan fingerprint density at radius 3 is 2.58 bits per heavy atom. The van der Waals surface area contributed by atoms with Gasteiger partial charge in [0.2, 0.25) is 10.0 Å². The third-order valence-corrected chi connectivity index (χ3v) is 4.94. The summed E-state index contributed by atoms with van der Waals surface area (Å²) in [7, 11) is -3.64. The largest absolute Gasteiger partial charge is 0.398 e. The fourth-order valence-electron chi connectivity index (χ4n) is 1.62. The number of nitrogens with zero attached hydrogens (tertiary/aromatic N) is 1. The monoisotopic (exact) mass is 306 g/mol. The molecule has 1 aromatic carbocycles. The first kappa shape index (κ1) is 16.2. The molecule has 0 saturated carbocycles. The lowest BCUT2D eigenvalue weighted by Gasteiger charge is -2.21. The third kappa shape index (κ3) is 4.07. The van der Waals surface area contributed by atoms with E-state index in [-0.39, 0.29) is 23.1 Å². The minimum Gasteiger partial charge on any atom is -0.398 e. The maximum absolute atomic E-state index is 12.4. The van der Waals surface area contributed by atoms with Gasteiger partial charge in [-0.2, -0.15) is 4.31 Å². The van der Waals surface area contributed by atoms with E-state index in [0.29, 0.717) is 12.2 Å². The molecule has 0 saturated heterocycles. The predicted molar refractivity (Wildman–Crippen MR) is 76.6 cm³/mol. The molecular formula is C12H19ClN2O3S. The molecule has 0 fully saturated rings.